The lowest BCUT2D eigenvalue weighted by atomic mass is 9.98. The van der Waals surface area contributed by atoms with Crippen LogP contribution in [0.5, 0.6) is 5.88 Å². The highest BCUT2D eigenvalue weighted by molar-refractivity contribution is 7.26. The second-order valence-electron chi connectivity index (χ2n) is 7.53. The molecular formula is C23H22N6OS. The lowest BCUT2D eigenvalue weighted by Gasteiger charge is -2.33. The molecular weight excluding hydrogens is 408 g/mol. The van der Waals surface area contributed by atoms with Gasteiger partial charge in [-0.15, -0.1) is 11.3 Å². The number of nitrogens with zero attached hydrogens (tertiary/aromatic N) is 6. The molecule has 0 amide bonds. The number of piperazine rings is 1. The molecule has 4 heterocycles. The Morgan fingerprint density at radius 1 is 1.13 bits per heavy atom. The van der Waals surface area contributed by atoms with Gasteiger partial charge in [0.05, 0.1) is 16.8 Å². The van der Waals surface area contributed by atoms with E-state index in [1.807, 2.05) is 37.3 Å². The predicted octanol–water partition coefficient (Wildman–Crippen LogP) is 3.93. The summed E-state index contributed by atoms with van der Waals surface area (Å²) >= 11 is 1.57. The first-order valence-electron chi connectivity index (χ1n) is 10.3. The van der Waals surface area contributed by atoms with E-state index in [0.717, 1.165) is 63.6 Å². The first kappa shape index (κ1) is 19.7. The number of fused-ring (bicyclic) bond motifs is 3. The molecule has 0 unspecified atom stereocenters. The molecule has 0 saturated carbocycles. The monoisotopic (exact) mass is 430 g/mol. The number of nitriles is 1. The van der Waals surface area contributed by atoms with Gasteiger partial charge in [0.2, 0.25) is 5.88 Å². The van der Waals surface area contributed by atoms with E-state index in [4.69, 9.17) is 9.72 Å². The number of anilines is 1. The number of benzene rings is 1. The minimum atomic E-state index is 0.372. The normalized spacial score (nSPS) is 14.8. The molecule has 0 aliphatic carbocycles. The van der Waals surface area contributed by atoms with Gasteiger partial charge in [-0.1, -0.05) is 30.3 Å². The molecule has 0 atom stereocenters. The van der Waals surface area contributed by atoms with Gasteiger partial charge < -0.3 is 14.5 Å². The largest absolute Gasteiger partial charge is 0.477 e. The zero-order chi connectivity index (χ0) is 21.4. The number of rotatable bonds is 4. The first-order chi connectivity index (χ1) is 15.2. The number of likely N-dealkylation sites (N-methyl/N-ethyl adjacent to an activating group) is 1. The standard InChI is InChI=1S/C23H22N6OS/c1-3-30-22-16(13-24)17(15-7-5-4-6-8-15)18-19-20(31-23(18)27-22)21(26-14-25-19)29-11-9-28(2)10-12-29/h4-8,14H,3,9-12H2,1-2H3. The third-order valence-corrected chi connectivity index (χ3v) is 6.68. The minimum absolute atomic E-state index is 0.372. The van der Waals surface area contributed by atoms with Gasteiger partial charge in [0, 0.05) is 37.1 Å². The van der Waals surface area contributed by atoms with Crippen molar-refractivity contribution in [1.82, 2.24) is 19.9 Å². The number of hydrogen-bond acceptors (Lipinski definition) is 8. The molecule has 4 aromatic rings. The van der Waals surface area contributed by atoms with E-state index in [-0.39, 0.29) is 0 Å². The van der Waals surface area contributed by atoms with Gasteiger partial charge in [0.1, 0.15) is 28.6 Å². The lowest BCUT2D eigenvalue weighted by Crippen LogP contribution is -2.44. The van der Waals surface area contributed by atoms with Crippen molar-refractivity contribution < 1.29 is 4.74 Å². The van der Waals surface area contributed by atoms with Crippen molar-refractivity contribution >= 4 is 37.6 Å². The molecule has 1 fully saturated rings. The highest BCUT2D eigenvalue weighted by Gasteiger charge is 2.25. The summed E-state index contributed by atoms with van der Waals surface area (Å²) in [4.78, 5) is 19.5. The van der Waals surface area contributed by atoms with E-state index >= 15 is 0 Å². The topological polar surface area (TPSA) is 78.2 Å². The van der Waals surface area contributed by atoms with E-state index in [0.29, 0.717) is 18.1 Å². The molecule has 5 rings (SSSR count). The molecule has 0 spiro atoms. The van der Waals surface area contributed by atoms with Crippen LogP contribution in [-0.2, 0) is 0 Å². The Morgan fingerprint density at radius 3 is 2.61 bits per heavy atom. The van der Waals surface area contributed by atoms with Crippen LogP contribution in [0.3, 0.4) is 0 Å². The number of thiophene rings is 1. The second-order valence-corrected chi connectivity index (χ2v) is 8.52. The summed E-state index contributed by atoms with van der Waals surface area (Å²) in [5.41, 5.74) is 3.06. The average Bonchev–Trinajstić information content (AvgIpc) is 3.17. The quantitative estimate of drug-likeness (QED) is 0.485. The fourth-order valence-corrected chi connectivity index (χ4v) is 5.20. The summed E-state index contributed by atoms with van der Waals surface area (Å²) in [5, 5.41) is 10.9. The maximum Gasteiger partial charge on any atom is 0.233 e. The van der Waals surface area contributed by atoms with E-state index in [9.17, 15) is 5.26 Å². The van der Waals surface area contributed by atoms with Crippen LogP contribution in [0.2, 0.25) is 0 Å². The van der Waals surface area contributed by atoms with E-state index in [1.165, 1.54) is 0 Å². The highest BCUT2D eigenvalue weighted by atomic mass is 32.1. The van der Waals surface area contributed by atoms with Gasteiger partial charge in [-0.25, -0.2) is 15.0 Å². The molecule has 1 aromatic carbocycles. The van der Waals surface area contributed by atoms with Gasteiger partial charge in [-0.05, 0) is 19.5 Å². The molecule has 3 aromatic heterocycles. The van der Waals surface area contributed by atoms with Crippen LogP contribution in [0.1, 0.15) is 12.5 Å². The Labute approximate surface area is 184 Å². The zero-order valence-corrected chi connectivity index (χ0v) is 18.3. The van der Waals surface area contributed by atoms with Crippen molar-refractivity contribution in [3.05, 3.63) is 42.2 Å². The highest BCUT2D eigenvalue weighted by Crippen LogP contribution is 2.44. The molecule has 0 radical (unpaired) electrons. The van der Waals surface area contributed by atoms with E-state index < -0.39 is 0 Å². The SMILES string of the molecule is CCOc1nc2sc3c(N4CCN(C)CC4)ncnc3c2c(-c2ccccc2)c1C#N. The fraction of sp³-hybridized carbons (Fsp3) is 0.304. The number of aromatic nitrogens is 3. The van der Waals surface area contributed by atoms with Crippen molar-refractivity contribution in [2.45, 2.75) is 6.92 Å². The fourth-order valence-electron chi connectivity index (χ4n) is 4.05. The van der Waals surface area contributed by atoms with Gasteiger partial charge in [-0.3, -0.25) is 0 Å². The molecule has 31 heavy (non-hydrogen) atoms. The maximum atomic E-state index is 10.0. The minimum Gasteiger partial charge on any atom is -0.477 e. The van der Waals surface area contributed by atoms with E-state index in [2.05, 4.69) is 32.9 Å². The summed E-state index contributed by atoms with van der Waals surface area (Å²) in [5.74, 6) is 1.31. The molecule has 1 saturated heterocycles. The van der Waals surface area contributed by atoms with Crippen LogP contribution >= 0.6 is 11.3 Å². The zero-order valence-electron chi connectivity index (χ0n) is 17.5. The third kappa shape index (κ3) is 3.36. The number of hydrogen-bond donors (Lipinski definition) is 0. The first-order valence-corrected chi connectivity index (χ1v) is 11.2. The Balaban J connectivity index is 1.82. The van der Waals surface area contributed by atoms with Crippen LogP contribution < -0.4 is 9.64 Å². The van der Waals surface area contributed by atoms with Crippen molar-refractivity contribution in [3.63, 3.8) is 0 Å². The molecule has 1 aliphatic rings. The van der Waals surface area contributed by atoms with Crippen molar-refractivity contribution in [2.24, 2.45) is 0 Å². The van der Waals surface area contributed by atoms with E-state index in [1.54, 1.807) is 17.7 Å². The molecule has 7 nitrogen and oxygen atoms in total. The van der Waals surface area contributed by atoms with Crippen LogP contribution in [0.4, 0.5) is 5.82 Å². The third-order valence-electron chi connectivity index (χ3n) is 5.61. The maximum absolute atomic E-state index is 10.0. The Kier molecular flexibility index (Phi) is 5.14. The predicted molar refractivity (Wildman–Crippen MR) is 124 cm³/mol. The summed E-state index contributed by atoms with van der Waals surface area (Å²) in [7, 11) is 2.14. The van der Waals surface area contributed by atoms with Crippen molar-refractivity contribution in [3.8, 4) is 23.1 Å². The van der Waals surface area contributed by atoms with Crippen LogP contribution in [0, 0.1) is 11.3 Å². The Morgan fingerprint density at radius 2 is 1.90 bits per heavy atom. The lowest BCUT2D eigenvalue weighted by molar-refractivity contribution is 0.312. The van der Waals surface area contributed by atoms with Gasteiger partial charge in [-0.2, -0.15) is 5.26 Å². The summed E-state index contributed by atoms with van der Waals surface area (Å²) in [6.45, 7) is 6.18. The average molecular weight is 431 g/mol. The Hall–Kier alpha value is -3.28. The van der Waals surface area contributed by atoms with Crippen molar-refractivity contribution in [1.29, 1.82) is 5.26 Å². The molecule has 8 heteroatoms. The summed E-state index contributed by atoms with van der Waals surface area (Å²) < 4.78 is 6.78. The number of pyridine rings is 1. The molecule has 1 aliphatic heterocycles. The second kappa shape index (κ2) is 8.10. The van der Waals surface area contributed by atoms with Gasteiger partial charge in [0.15, 0.2) is 0 Å². The van der Waals surface area contributed by atoms with Crippen LogP contribution in [0.15, 0.2) is 36.7 Å². The smallest absolute Gasteiger partial charge is 0.233 e. The summed E-state index contributed by atoms with van der Waals surface area (Å²) in [6.07, 6.45) is 1.62. The Bertz CT molecular complexity index is 1290. The molecule has 0 N–H and O–H groups in total. The van der Waals surface area contributed by atoms with Gasteiger partial charge in [0.25, 0.3) is 0 Å². The number of ether oxygens (including phenoxy) is 1. The summed E-state index contributed by atoms with van der Waals surface area (Å²) in [6, 6.07) is 12.3. The molecule has 156 valence electrons. The van der Waals surface area contributed by atoms with Crippen LogP contribution in [0.25, 0.3) is 31.6 Å². The van der Waals surface area contributed by atoms with Crippen LogP contribution in [-0.4, -0.2) is 59.7 Å². The van der Waals surface area contributed by atoms with Gasteiger partial charge >= 0.3 is 0 Å². The van der Waals surface area contributed by atoms with Crippen molar-refractivity contribution in [2.75, 3.05) is 44.7 Å². The molecule has 0 bridgehead atoms.